The van der Waals surface area contributed by atoms with Crippen LogP contribution in [0.15, 0.2) is 12.4 Å². The fourth-order valence-corrected chi connectivity index (χ4v) is 0.462. The van der Waals surface area contributed by atoms with Crippen LogP contribution in [0.3, 0.4) is 0 Å². The van der Waals surface area contributed by atoms with Crippen molar-refractivity contribution in [2.45, 2.75) is 0 Å². The summed E-state index contributed by atoms with van der Waals surface area (Å²) in [4.78, 5) is 14.2. The summed E-state index contributed by atoms with van der Waals surface area (Å²) in [6, 6.07) is -0.229. The molecule has 0 bridgehead atoms. The van der Waals surface area contributed by atoms with Gasteiger partial charge in [-0.25, -0.2) is 14.3 Å². The molecule has 1 radical (unpaired) electrons. The second kappa shape index (κ2) is 2.30. The van der Waals surface area contributed by atoms with Gasteiger partial charge in [0, 0.05) is 19.4 Å². The van der Waals surface area contributed by atoms with Crippen molar-refractivity contribution in [3.63, 3.8) is 0 Å². The van der Waals surface area contributed by atoms with Crippen LogP contribution in [0.2, 0.25) is 0 Å². The van der Waals surface area contributed by atoms with Gasteiger partial charge < -0.3 is 5.32 Å². The quantitative estimate of drug-likeness (QED) is 0.523. The van der Waals surface area contributed by atoms with Gasteiger partial charge in [0.25, 0.3) is 0 Å². The summed E-state index contributed by atoms with van der Waals surface area (Å²) in [5.74, 6) is 0. The van der Waals surface area contributed by atoms with E-state index in [1.807, 2.05) is 0 Å². The Hall–Kier alpha value is -1.32. The highest BCUT2D eigenvalue weighted by Crippen LogP contribution is 1.80. The SMILES string of the molecule is CNC(=O)n1[c]ncc1. The molecule has 1 heterocycles. The fourth-order valence-electron chi connectivity index (χ4n) is 0.462. The van der Waals surface area contributed by atoms with Gasteiger partial charge >= 0.3 is 6.03 Å². The normalized spacial score (nSPS) is 9.00. The molecule has 0 fully saturated rings. The summed E-state index contributed by atoms with van der Waals surface area (Å²) in [5.41, 5.74) is 0. The van der Waals surface area contributed by atoms with Crippen LogP contribution in [0.1, 0.15) is 0 Å². The summed E-state index contributed by atoms with van der Waals surface area (Å²) in [7, 11) is 1.55. The van der Waals surface area contributed by atoms with Crippen molar-refractivity contribution >= 4 is 6.03 Å². The minimum absolute atomic E-state index is 0.229. The highest BCUT2D eigenvalue weighted by Gasteiger charge is 1.96. The molecule has 4 heteroatoms. The fraction of sp³-hybridized carbons (Fsp3) is 0.200. The van der Waals surface area contributed by atoms with Crippen LogP contribution in [0.25, 0.3) is 0 Å². The predicted molar refractivity (Wildman–Crippen MR) is 30.9 cm³/mol. The molecule has 0 saturated heterocycles. The first kappa shape index (κ1) is 5.81. The first-order valence-electron chi connectivity index (χ1n) is 2.47. The Balaban J connectivity index is 2.77. The van der Waals surface area contributed by atoms with E-state index in [9.17, 15) is 4.79 Å². The molecule has 0 saturated carbocycles. The third-order valence-corrected chi connectivity index (χ3v) is 0.888. The Kier molecular flexibility index (Phi) is 1.48. The lowest BCUT2D eigenvalue weighted by molar-refractivity contribution is 0.244. The number of rotatable bonds is 0. The van der Waals surface area contributed by atoms with E-state index in [1.165, 1.54) is 17.0 Å². The number of hydrogen-bond donors (Lipinski definition) is 1. The summed E-state index contributed by atoms with van der Waals surface area (Å²) >= 11 is 0. The Morgan fingerprint density at radius 2 is 2.67 bits per heavy atom. The maximum absolute atomic E-state index is 10.7. The molecule has 1 aromatic rings. The van der Waals surface area contributed by atoms with E-state index < -0.39 is 0 Å². The molecule has 4 nitrogen and oxygen atoms in total. The molecule has 1 aromatic heterocycles. The number of hydrogen-bond acceptors (Lipinski definition) is 2. The smallest absolute Gasteiger partial charge is 0.327 e. The van der Waals surface area contributed by atoms with Gasteiger partial charge in [0.05, 0.1) is 0 Å². The van der Waals surface area contributed by atoms with Crippen LogP contribution in [-0.2, 0) is 0 Å². The zero-order valence-electron chi connectivity index (χ0n) is 4.96. The van der Waals surface area contributed by atoms with Gasteiger partial charge in [-0.3, -0.25) is 0 Å². The van der Waals surface area contributed by atoms with E-state index in [0.29, 0.717) is 0 Å². The second-order valence-electron chi connectivity index (χ2n) is 1.45. The molecule has 0 aliphatic rings. The average Bonchev–Trinajstić information content (AvgIpc) is 2.37. The molecule has 0 aliphatic carbocycles. The van der Waals surface area contributed by atoms with Gasteiger partial charge in [0.2, 0.25) is 0 Å². The van der Waals surface area contributed by atoms with Gasteiger partial charge in [-0.05, 0) is 0 Å². The van der Waals surface area contributed by atoms with Crippen LogP contribution < -0.4 is 5.32 Å². The Labute approximate surface area is 52.5 Å². The molecule has 0 unspecified atom stereocenters. The second-order valence-corrected chi connectivity index (χ2v) is 1.45. The molecule has 1 amide bonds. The van der Waals surface area contributed by atoms with E-state index in [-0.39, 0.29) is 6.03 Å². The number of imidazole rings is 1. The topological polar surface area (TPSA) is 46.9 Å². The maximum Gasteiger partial charge on any atom is 0.327 e. The molecule has 1 N–H and O–H groups in total. The molecule has 0 spiro atoms. The van der Waals surface area contributed by atoms with Crippen molar-refractivity contribution in [2.75, 3.05) is 7.05 Å². The number of carbonyl (C=O) groups is 1. The van der Waals surface area contributed by atoms with E-state index >= 15 is 0 Å². The largest absolute Gasteiger partial charge is 0.340 e. The first-order valence-corrected chi connectivity index (χ1v) is 2.47. The van der Waals surface area contributed by atoms with Crippen molar-refractivity contribution in [1.82, 2.24) is 14.9 Å². The van der Waals surface area contributed by atoms with E-state index in [2.05, 4.69) is 16.6 Å². The van der Waals surface area contributed by atoms with Crippen LogP contribution >= 0.6 is 0 Å². The van der Waals surface area contributed by atoms with Crippen LogP contribution in [0.5, 0.6) is 0 Å². The van der Waals surface area contributed by atoms with Gasteiger partial charge in [-0.15, -0.1) is 0 Å². The third-order valence-electron chi connectivity index (χ3n) is 0.888. The zero-order valence-corrected chi connectivity index (χ0v) is 4.96. The van der Waals surface area contributed by atoms with Crippen LogP contribution in [-0.4, -0.2) is 22.6 Å². The summed E-state index contributed by atoms with van der Waals surface area (Å²) < 4.78 is 1.24. The van der Waals surface area contributed by atoms with Crippen LogP contribution in [0, 0.1) is 6.33 Å². The van der Waals surface area contributed by atoms with Gasteiger partial charge in [-0.1, -0.05) is 0 Å². The third kappa shape index (κ3) is 1.07. The standard InChI is InChI=1S/C5H6N3O/c1-6-5(9)8-3-2-7-4-8/h2-3H,1H3,(H,6,9). The molecular weight excluding hydrogens is 118 g/mol. The van der Waals surface area contributed by atoms with Crippen molar-refractivity contribution in [3.8, 4) is 0 Å². The monoisotopic (exact) mass is 124 g/mol. The van der Waals surface area contributed by atoms with Crippen molar-refractivity contribution < 1.29 is 4.79 Å². The molecule has 0 aliphatic heterocycles. The van der Waals surface area contributed by atoms with Gasteiger partial charge in [0.1, 0.15) is 0 Å². The number of aromatic nitrogens is 2. The molecular formula is C5H6N3O. The average molecular weight is 124 g/mol. The van der Waals surface area contributed by atoms with Gasteiger partial charge in [-0.2, -0.15) is 0 Å². The number of carbonyl (C=O) groups excluding carboxylic acids is 1. The molecule has 47 valence electrons. The summed E-state index contributed by atoms with van der Waals surface area (Å²) in [5, 5.41) is 2.42. The highest BCUT2D eigenvalue weighted by molar-refractivity contribution is 5.75. The van der Waals surface area contributed by atoms with E-state index in [4.69, 9.17) is 0 Å². The zero-order chi connectivity index (χ0) is 6.69. The Morgan fingerprint density at radius 3 is 3.11 bits per heavy atom. The van der Waals surface area contributed by atoms with Gasteiger partial charge in [0.15, 0.2) is 6.33 Å². The Bertz CT molecular complexity index is 192. The number of amides is 1. The molecule has 9 heavy (non-hydrogen) atoms. The summed E-state index contributed by atoms with van der Waals surface area (Å²) in [6.07, 6.45) is 5.46. The highest BCUT2D eigenvalue weighted by atomic mass is 16.2. The lowest BCUT2D eigenvalue weighted by atomic mass is 10.8. The van der Waals surface area contributed by atoms with Crippen molar-refractivity contribution in [2.24, 2.45) is 0 Å². The Morgan fingerprint density at radius 1 is 1.89 bits per heavy atom. The predicted octanol–water partition coefficient (Wildman–Crippen LogP) is -0.129. The van der Waals surface area contributed by atoms with Crippen molar-refractivity contribution in [3.05, 3.63) is 18.7 Å². The van der Waals surface area contributed by atoms with E-state index in [0.717, 1.165) is 0 Å². The maximum atomic E-state index is 10.7. The lowest BCUT2D eigenvalue weighted by Gasteiger charge is -1.94. The molecule has 1 rings (SSSR count). The number of nitrogens with one attached hydrogen (secondary N) is 1. The van der Waals surface area contributed by atoms with Crippen LogP contribution in [0.4, 0.5) is 4.79 Å². The van der Waals surface area contributed by atoms with Crippen molar-refractivity contribution in [1.29, 1.82) is 0 Å². The minimum Gasteiger partial charge on any atom is -0.340 e. The van der Waals surface area contributed by atoms with E-state index in [1.54, 1.807) is 7.05 Å². The summed E-state index contributed by atoms with van der Waals surface area (Å²) in [6.45, 7) is 0. The lowest BCUT2D eigenvalue weighted by Crippen LogP contribution is -2.23. The molecule has 0 aromatic carbocycles. The minimum atomic E-state index is -0.229. The first-order chi connectivity index (χ1) is 4.34. The molecule has 0 atom stereocenters. The number of nitrogens with zero attached hydrogens (tertiary/aromatic N) is 2.